The van der Waals surface area contributed by atoms with E-state index in [2.05, 4.69) is 52.8 Å². The highest BCUT2D eigenvalue weighted by atomic mass is 32.2. The molecule has 0 saturated heterocycles. The predicted octanol–water partition coefficient (Wildman–Crippen LogP) is 3.57. The summed E-state index contributed by atoms with van der Waals surface area (Å²) in [5.41, 5.74) is 1.29. The summed E-state index contributed by atoms with van der Waals surface area (Å²) in [6.45, 7) is 5.04. The second-order valence-electron chi connectivity index (χ2n) is 3.65. The van der Waals surface area contributed by atoms with Crippen LogP contribution < -0.4 is 5.32 Å². The van der Waals surface area contributed by atoms with Crippen LogP contribution in [0.25, 0.3) is 0 Å². The number of nitrogens with one attached hydrogen (secondary N) is 1. The first-order valence-corrected chi connectivity index (χ1v) is 7.29. The van der Waals surface area contributed by atoms with E-state index in [-0.39, 0.29) is 0 Å². The molecular formula is C12H15N3S2. The highest BCUT2D eigenvalue weighted by Crippen LogP contribution is 2.23. The second kappa shape index (κ2) is 6.02. The average Bonchev–Trinajstić information content (AvgIpc) is 2.77. The fourth-order valence-corrected chi connectivity index (χ4v) is 2.81. The molecule has 1 heterocycles. The molecule has 0 unspecified atom stereocenters. The summed E-state index contributed by atoms with van der Waals surface area (Å²) in [6.07, 6.45) is 0. The van der Waals surface area contributed by atoms with Gasteiger partial charge in [0.1, 0.15) is 0 Å². The van der Waals surface area contributed by atoms with Crippen molar-refractivity contribution in [2.45, 2.75) is 24.5 Å². The molecule has 17 heavy (non-hydrogen) atoms. The molecule has 0 saturated carbocycles. The van der Waals surface area contributed by atoms with Gasteiger partial charge in [-0.2, -0.15) is 4.37 Å². The lowest BCUT2D eigenvalue weighted by atomic mass is 10.2. The summed E-state index contributed by atoms with van der Waals surface area (Å²) >= 11 is 3.19. The summed E-state index contributed by atoms with van der Waals surface area (Å²) in [5.74, 6) is 1.72. The maximum atomic E-state index is 4.41. The fourth-order valence-electron chi connectivity index (χ4n) is 1.32. The van der Waals surface area contributed by atoms with Gasteiger partial charge in [-0.25, -0.2) is 4.98 Å². The molecule has 3 nitrogen and oxygen atoms in total. The van der Waals surface area contributed by atoms with Gasteiger partial charge in [0.15, 0.2) is 5.82 Å². The standard InChI is InChI=1S/C12H15N3S2/c1-3-13-12-14-11(15-17-12)8-16-10-6-4-9(2)5-7-10/h4-7H,3,8H2,1-2H3,(H,13,14,15). The van der Waals surface area contributed by atoms with Crippen molar-refractivity contribution in [2.24, 2.45) is 0 Å². The van der Waals surface area contributed by atoms with Crippen molar-refractivity contribution in [2.75, 3.05) is 11.9 Å². The molecule has 0 aliphatic heterocycles. The minimum absolute atomic E-state index is 0.824. The van der Waals surface area contributed by atoms with Gasteiger partial charge in [-0.05, 0) is 26.0 Å². The van der Waals surface area contributed by atoms with E-state index in [4.69, 9.17) is 0 Å². The lowest BCUT2D eigenvalue weighted by Gasteiger charge is -1.99. The minimum Gasteiger partial charge on any atom is -0.361 e. The van der Waals surface area contributed by atoms with E-state index in [9.17, 15) is 0 Å². The quantitative estimate of drug-likeness (QED) is 0.839. The van der Waals surface area contributed by atoms with Gasteiger partial charge >= 0.3 is 0 Å². The summed E-state index contributed by atoms with van der Waals surface area (Å²) in [7, 11) is 0. The fraction of sp³-hybridized carbons (Fsp3) is 0.333. The lowest BCUT2D eigenvalue weighted by Crippen LogP contribution is -1.95. The van der Waals surface area contributed by atoms with E-state index in [0.717, 1.165) is 23.3 Å². The highest BCUT2D eigenvalue weighted by Gasteiger charge is 2.03. The maximum Gasteiger partial charge on any atom is 0.202 e. The van der Waals surface area contributed by atoms with E-state index in [0.29, 0.717) is 0 Å². The third-order valence-corrected chi connectivity index (χ3v) is 3.90. The molecule has 0 amide bonds. The van der Waals surface area contributed by atoms with Crippen LogP contribution in [0.1, 0.15) is 18.3 Å². The van der Waals surface area contributed by atoms with E-state index >= 15 is 0 Å². The van der Waals surface area contributed by atoms with Gasteiger partial charge in [0.05, 0.1) is 5.75 Å². The van der Waals surface area contributed by atoms with Crippen molar-refractivity contribution in [1.29, 1.82) is 0 Å². The molecule has 2 rings (SSSR count). The van der Waals surface area contributed by atoms with Crippen LogP contribution in [0.4, 0.5) is 5.13 Å². The number of hydrogen-bond donors (Lipinski definition) is 1. The number of aryl methyl sites for hydroxylation is 1. The van der Waals surface area contributed by atoms with E-state index in [1.807, 2.05) is 0 Å². The zero-order valence-corrected chi connectivity index (χ0v) is 11.6. The molecule has 1 aromatic heterocycles. The van der Waals surface area contributed by atoms with Crippen LogP contribution in [-0.2, 0) is 5.75 Å². The molecule has 0 spiro atoms. The van der Waals surface area contributed by atoms with Crippen LogP contribution in [-0.4, -0.2) is 15.9 Å². The Labute approximate surface area is 110 Å². The van der Waals surface area contributed by atoms with Crippen molar-refractivity contribution in [3.8, 4) is 0 Å². The Morgan fingerprint density at radius 3 is 2.76 bits per heavy atom. The van der Waals surface area contributed by atoms with E-state index in [1.54, 1.807) is 11.8 Å². The van der Waals surface area contributed by atoms with Gasteiger partial charge in [0, 0.05) is 23.0 Å². The van der Waals surface area contributed by atoms with Gasteiger partial charge in [0.25, 0.3) is 0 Å². The van der Waals surface area contributed by atoms with Crippen molar-refractivity contribution < 1.29 is 0 Å². The molecule has 0 aliphatic rings. The first-order valence-electron chi connectivity index (χ1n) is 5.54. The molecule has 0 atom stereocenters. The first kappa shape index (κ1) is 12.4. The number of anilines is 1. The van der Waals surface area contributed by atoms with Crippen LogP contribution in [0, 0.1) is 6.92 Å². The van der Waals surface area contributed by atoms with Gasteiger partial charge < -0.3 is 5.32 Å². The van der Waals surface area contributed by atoms with Crippen molar-refractivity contribution in [1.82, 2.24) is 9.36 Å². The van der Waals surface area contributed by atoms with Crippen molar-refractivity contribution in [3.05, 3.63) is 35.7 Å². The normalized spacial score (nSPS) is 10.5. The number of benzene rings is 1. The topological polar surface area (TPSA) is 37.8 Å². The Kier molecular flexibility index (Phi) is 4.39. The monoisotopic (exact) mass is 265 g/mol. The average molecular weight is 265 g/mol. The molecule has 0 aliphatic carbocycles. The Hall–Kier alpha value is -1.07. The zero-order valence-electron chi connectivity index (χ0n) is 9.93. The second-order valence-corrected chi connectivity index (χ2v) is 5.45. The molecule has 0 fully saturated rings. The number of nitrogens with zero attached hydrogens (tertiary/aromatic N) is 2. The van der Waals surface area contributed by atoms with Crippen LogP contribution in [0.3, 0.4) is 0 Å². The molecule has 5 heteroatoms. The van der Waals surface area contributed by atoms with Crippen LogP contribution >= 0.6 is 23.3 Å². The lowest BCUT2D eigenvalue weighted by molar-refractivity contribution is 1.11. The molecule has 1 aromatic carbocycles. The van der Waals surface area contributed by atoms with E-state index < -0.39 is 0 Å². The van der Waals surface area contributed by atoms with E-state index in [1.165, 1.54) is 22.0 Å². The summed E-state index contributed by atoms with van der Waals surface area (Å²) < 4.78 is 4.31. The van der Waals surface area contributed by atoms with Crippen LogP contribution in [0.5, 0.6) is 0 Å². The largest absolute Gasteiger partial charge is 0.361 e. The van der Waals surface area contributed by atoms with Crippen molar-refractivity contribution >= 4 is 28.4 Å². The number of thioether (sulfide) groups is 1. The van der Waals surface area contributed by atoms with Gasteiger partial charge in [-0.3, -0.25) is 0 Å². The molecule has 2 aromatic rings. The summed E-state index contributed by atoms with van der Waals surface area (Å²) in [6, 6.07) is 8.52. The third kappa shape index (κ3) is 3.71. The molecule has 90 valence electrons. The first-order chi connectivity index (χ1) is 8.28. The van der Waals surface area contributed by atoms with Crippen molar-refractivity contribution in [3.63, 3.8) is 0 Å². The molecular weight excluding hydrogens is 250 g/mol. The summed E-state index contributed by atoms with van der Waals surface area (Å²) in [5, 5.41) is 4.08. The Bertz CT molecular complexity index is 465. The Morgan fingerprint density at radius 1 is 1.29 bits per heavy atom. The summed E-state index contributed by atoms with van der Waals surface area (Å²) in [4.78, 5) is 5.67. The molecule has 0 radical (unpaired) electrons. The molecule has 1 N–H and O–H groups in total. The van der Waals surface area contributed by atoms with Gasteiger partial charge in [0.2, 0.25) is 5.13 Å². The smallest absolute Gasteiger partial charge is 0.202 e. The SMILES string of the molecule is CCNc1nc(CSc2ccc(C)cc2)ns1. The Balaban J connectivity index is 1.90. The third-order valence-electron chi connectivity index (χ3n) is 2.19. The number of hydrogen-bond acceptors (Lipinski definition) is 5. The number of aromatic nitrogens is 2. The minimum atomic E-state index is 0.824. The number of rotatable bonds is 5. The molecule has 0 bridgehead atoms. The highest BCUT2D eigenvalue weighted by molar-refractivity contribution is 7.98. The predicted molar refractivity (Wildman–Crippen MR) is 74.8 cm³/mol. The van der Waals surface area contributed by atoms with Gasteiger partial charge in [-0.15, -0.1) is 11.8 Å². The maximum absolute atomic E-state index is 4.41. The Morgan fingerprint density at radius 2 is 2.06 bits per heavy atom. The van der Waals surface area contributed by atoms with Crippen LogP contribution in [0.2, 0.25) is 0 Å². The van der Waals surface area contributed by atoms with Crippen LogP contribution in [0.15, 0.2) is 29.2 Å². The van der Waals surface area contributed by atoms with Gasteiger partial charge in [-0.1, -0.05) is 17.7 Å². The zero-order chi connectivity index (χ0) is 12.1.